The van der Waals surface area contributed by atoms with Crippen molar-refractivity contribution in [2.75, 3.05) is 39.6 Å². The van der Waals surface area contributed by atoms with Gasteiger partial charge in [0, 0.05) is 25.7 Å². The number of carbonyl (C=O) groups excluding carboxylic acids is 4. The van der Waals surface area contributed by atoms with Gasteiger partial charge in [0.15, 0.2) is 12.2 Å². The molecule has 0 aliphatic rings. The smallest absolute Gasteiger partial charge is 0.462 e. The number of carbonyl (C=O) groups is 4. The van der Waals surface area contributed by atoms with Crippen LogP contribution in [0.3, 0.4) is 0 Å². The van der Waals surface area contributed by atoms with Gasteiger partial charge in [-0.1, -0.05) is 254 Å². The molecule has 0 bridgehead atoms. The van der Waals surface area contributed by atoms with Gasteiger partial charge >= 0.3 is 39.5 Å². The minimum atomic E-state index is -4.95. The standard InChI is InChI=1S/C64H124O17P2/c1-9-57(8)43-35-27-18-12-10-11-13-19-30-38-46-63(68)80-59(50-74-61(66)44-36-28-20-14-16-24-32-40-54(2)3)52-78-82(70,71)76-48-58(65)49-77-83(72,73)79-53-60(81-64(69)47-39-31-23-22-26-34-42-56(6)7)51-75-62(67)45-37-29-21-15-17-25-33-41-55(4)5/h54-60,65H,9-53H2,1-8H3,(H,70,71)(H,72,73)/t57?,58?,59-,60-/m1/s1. The fraction of sp³-hybridized carbons (Fsp3) is 0.938. The van der Waals surface area contributed by atoms with Crippen LogP contribution in [0.15, 0.2) is 0 Å². The normalized spacial score (nSPS) is 14.8. The van der Waals surface area contributed by atoms with Crippen molar-refractivity contribution in [2.45, 2.75) is 324 Å². The number of rotatable bonds is 61. The van der Waals surface area contributed by atoms with E-state index in [0.717, 1.165) is 109 Å². The maximum absolute atomic E-state index is 13.0. The summed E-state index contributed by atoms with van der Waals surface area (Å²) in [6.45, 7) is 13.9. The highest BCUT2D eigenvalue weighted by Gasteiger charge is 2.30. The Bertz CT molecular complexity index is 1660. The second-order valence-corrected chi connectivity index (χ2v) is 27.7. The zero-order chi connectivity index (χ0) is 61.8. The number of phosphoric ester groups is 2. The lowest BCUT2D eigenvalue weighted by molar-refractivity contribution is -0.161. The SMILES string of the molecule is CCC(C)CCCCCCCCCCCCC(=O)O[C@H](COC(=O)CCCCCCCCCC(C)C)COP(=O)(O)OCC(O)COP(=O)(O)OC[C@@H](COC(=O)CCCCCCCCCC(C)C)OC(=O)CCCCCCCCC(C)C. The first kappa shape index (κ1) is 81.1. The number of phosphoric acid groups is 2. The van der Waals surface area contributed by atoms with Crippen molar-refractivity contribution in [3.05, 3.63) is 0 Å². The highest BCUT2D eigenvalue weighted by atomic mass is 31.2. The molecule has 0 amide bonds. The van der Waals surface area contributed by atoms with Crippen molar-refractivity contribution in [1.29, 1.82) is 0 Å². The molecule has 0 radical (unpaired) electrons. The molecule has 0 saturated heterocycles. The number of unbranched alkanes of at least 4 members (excludes halogenated alkanes) is 26. The first-order valence-corrected chi connectivity index (χ1v) is 36.2. The molecule has 0 aromatic rings. The van der Waals surface area contributed by atoms with Gasteiger partial charge in [-0.2, -0.15) is 0 Å². The van der Waals surface area contributed by atoms with Crippen molar-refractivity contribution in [3.8, 4) is 0 Å². The van der Waals surface area contributed by atoms with Crippen LogP contribution in [0.4, 0.5) is 0 Å². The number of aliphatic hydroxyl groups excluding tert-OH is 1. The molecule has 17 nitrogen and oxygen atoms in total. The van der Waals surface area contributed by atoms with Crippen LogP contribution in [-0.2, 0) is 65.4 Å². The van der Waals surface area contributed by atoms with Crippen LogP contribution in [0.2, 0.25) is 0 Å². The molecule has 0 aliphatic heterocycles. The fourth-order valence-corrected chi connectivity index (χ4v) is 11.0. The monoisotopic (exact) mass is 1230 g/mol. The molecule has 19 heteroatoms. The van der Waals surface area contributed by atoms with E-state index in [1.54, 1.807) is 0 Å². The Kier molecular flexibility index (Phi) is 53.0. The maximum Gasteiger partial charge on any atom is 0.472 e. The molecule has 0 fully saturated rings. The maximum atomic E-state index is 13.0. The molecule has 0 spiro atoms. The van der Waals surface area contributed by atoms with E-state index in [1.165, 1.54) is 96.3 Å². The number of hydrogen-bond donors (Lipinski definition) is 3. The van der Waals surface area contributed by atoms with Crippen LogP contribution in [0.5, 0.6) is 0 Å². The fourth-order valence-electron chi connectivity index (χ4n) is 9.40. The summed E-state index contributed by atoms with van der Waals surface area (Å²) in [6, 6.07) is 0. The van der Waals surface area contributed by atoms with Crippen molar-refractivity contribution in [2.24, 2.45) is 23.7 Å². The number of esters is 4. The van der Waals surface area contributed by atoms with Gasteiger partial charge in [-0.05, 0) is 49.4 Å². The molecule has 0 aliphatic carbocycles. The molecular weight excluding hydrogens is 1100 g/mol. The first-order valence-electron chi connectivity index (χ1n) is 33.2. The van der Waals surface area contributed by atoms with Crippen molar-refractivity contribution in [1.82, 2.24) is 0 Å². The van der Waals surface area contributed by atoms with E-state index in [1.807, 2.05) is 0 Å². The lowest BCUT2D eigenvalue weighted by Crippen LogP contribution is -2.30. The van der Waals surface area contributed by atoms with E-state index in [2.05, 4.69) is 55.4 Å². The van der Waals surface area contributed by atoms with Gasteiger partial charge in [0.1, 0.15) is 19.3 Å². The van der Waals surface area contributed by atoms with Gasteiger partial charge in [0.05, 0.1) is 26.4 Å². The predicted molar refractivity (Wildman–Crippen MR) is 331 cm³/mol. The first-order chi connectivity index (χ1) is 39.6. The predicted octanol–water partition coefficient (Wildman–Crippen LogP) is 17.4. The van der Waals surface area contributed by atoms with E-state index >= 15 is 0 Å². The summed E-state index contributed by atoms with van der Waals surface area (Å²) in [5, 5.41) is 10.5. The van der Waals surface area contributed by atoms with Gasteiger partial charge in [0.25, 0.3) is 0 Å². The summed E-state index contributed by atoms with van der Waals surface area (Å²) >= 11 is 0. The van der Waals surface area contributed by atoms with Crippen molar-refractivity contribution >= 4 is 39.5 Å². The molecule has 83 heavy (non-hydrogen) atoms. The van der Waals surface area contributed by atoms with E-state index in [4.69, 9.17) is 37.0 Å². The molecule has 3 N–H and O–H groups in total. The largest absolute Gasteiger partial charge is 0.472 e. The van der Waals surface area contributed by atoms with Crippen LogP contribution in [-0.4, -0.2) is 96.7 Å². The van der Waals surface area contributed by atoms with Gasteiger partial charge in [-0.3, -0.25) is 37.3 Å². The van der Waals surface area contributed by atoms with Gasteiger partial charge in [-0.25, -0.2) is 9.13 Å². The van der Waals surface area contributed by atoms with Crippen LogP contribution in [0, 0.1) is 23.7 Å². The van der Waals surface area contributed by atoms with Crippen LogP contribution < -0.4 is 0 Å². The highest BCUT2D eigenvalue weighted by molar-refractivity contribution is 7.47. The summed E-state index contributed by atoms with van der Waals surface area (Å²) < 4.78 is 67.9. The third-order valence-electron chi connectivity index (χ3n) is 14.9. The number of aliphatic hydroxyl groups is 1. The zero-order valence-electron chi connectivity index (χ0n) is 53.8. The Labute approximate surface area is 505 Å². The molecule has 492 valence electrons. The van der Waals surface area contributed by atoms with Gasteiger partial charge < -0.3 is 33.8 Å². The molecule has 0 aromatic heterocycles. The average molecular weight is 1230 g/mol. The second kappa shape index (κ2) is 54.2. The third kappa shape index (κ3) is 57.6. The van der Waals surface area contributed by atoms with Crippen LogP contribution in [0.25, 0.3) is 0 Å². The van der Waals surface area contributed by atoms with Gasteiger partial charge in [0.2, 0.25) is 0 Å². The minimum Gasteiger partial charge on any atom is -0.462 e. The molecule has 0 saturated carbocycles. The Hall–Kier alpha value is -1.94. The Morgan fingerprint density at radius 3 is 0.855 bits per heavy atom. The second-order valence-electron chi connectivity index (χ2n) is 24.8. The minimum absolute atomic E-state index is 0.101. The highest BCUT2D eigenvalue weighted by Crippen LogP contribution is 2.45. The van der Waals surface area contributed by atoms with E-state index in [-0.39, 0.29) is 25.7 Å². The topological polar surface area (TPSA) is 237 Å². The molecular formula is C64H124O17P2. The molecule has 0 heterocycles. The molecule has 6 atom stereocenters. The molecule has 0 aromatic carbocycles. The lowest BCUT2D eigenvalue weighted by atomic mass is 9.99. The quantitative estimate of drug-likeness (QED) is 0.0222. The summed E-state index contributed by atoms with van der Waals surface area (Å²) in [5.41, 5.74) is 0. The third-order valence-corrected chi connectivity index (χ3v) is 16.8. The summed E-state index contributed by atoms with van der Waals surface area (Å²) in [5.74, 6) is 0.739. The Morgan fingerprint density at radius 1 is 0.337 bits per heavy atom. The summed E-state index contributed by atoms with van der Waals surface area (Å²) in [6.07, 6.45) is 33.7. The van der Waals surface area contributed by atoms with Crippen LogP contribution >= 0.6 is 15.6 Å². The van der Waals surface area contributed by atoms with Gasteiger partial charge in [-0.15, -0.1) is 0 Å². The average Bonchev–Trinajstić information content (AvgIpc) is 3.43. The van der Waals surface area contributed by atoms with E-state index in [9.17, 15) is 43.2 Å². The molecule has 0 rings (SSSR count). The van der Waals surface area contributed by atoms with E-state index in [0.29, 0.717) is 43.4 Å². The number of ether oxygens (including phenoxy) is 4. The Balaban J connectivity index is 5.24. The van der Waals surface area contributed by atoms with E-state index < -0.39 is 97.5 Å². The number of hydrogen-bond acceptors (Lipinski definition) is 15. The lowest BCUT2D eigenvalue weighted by Gasteiger charge is -2.21. The molecule has 4 unspecified atom stereocenters. The Morgan fingerprint density at radius 2 is 0.578 bits per heavy atom. The van der Waals surface area contributed by atoms with Crippen molar-refractivity contribution < 1.29 is 80.2 Å². The summed E-state index contributed by atoms with van der Waals surface area (Å²) in [7, 11) is -9.89. The zero-order valence-corrected chi connectivity index (χ0v) is 55.6. The summed E-state index contributed by atoms with van der Waals surface area (Å²) in [4.78, 5) is 72.2. The van der Waals surface area contributed by atoms with Crippen LogP contribution in [0.1, 0.15) is 306 Å². The van der Waals surface area contributed by atoms with Crippen molar-refractivity contribution in [3.63, 3.8) is 0 Å².